The maximum atomic E-state index is 13.4. The van der Waals surface area contributed by atoms with Crippen LogP contribution in [0.2, 0.25) is 0 Å². The van der Waals surface area contributed by atoms with E-state index in [0.29, 0.717) is 0 Å². The predicted molar refractivity (Wildman–Crippen MR) is 122 cm³/mol. The van der Waals surface area contributed by atoms with Crippen LogP contribution in [-0.2, 0) is 14.3 Å². The highest BCUT2D eigenvalue weighted by molar-refractivity contribution is 7.17. The van der Waals surface area contributed by atoms with Crippen LogP contribution in [0.15, 0.2) is 54.1 Å². The number of benzene rings is 2. The Morgan fingerprint density at radius 1 is 1.17 bits per heavy atom. The van der Waals surface area contributed by atoms with E-state index in [1.54, 1.807) is 0 Å². The van der Waals surface area contributed by atoms with Gasteiger partial charge < -0.3 is 9.84 Å². The first-order chi connectivity index (χ1) is 16.6. The number of thiazole rings is 1. The molecule has 1 aliphatic rings. The summed E-state index contributed by atoms with van der Waals surface area (Å²) in [5, 5.41) is 22.1. The molecule has 3 aromatic rings. The number of aryl methyl sites for hydroxylation is 1. The van der Waals surface area contributed by atoms with Gasteiger partial charge in [0.25, 0.3) is 11.5 Å². The average molecular weight is 497 g/mol. The summed E-state index contributed by atoms with van der Waals surface area (Å²) in [5.41, 5.74) is 0.0813. The minimum absolute atomic E-state index is 0.00786. The lowest BCUT2D eigenvalue weighted by molar-refractivity contribution is -0.384. The number of amides is 1. The van der Waals surface area contributed by atoms with Crippen molar-refractivity contribution in [1.29, 1.82) is 0 Å². The van der Waals surface area contributed by atoms with Crippen molar-refractivity contribution < 1.29 is 33.5 Å². The van der Waals surface area contributed by atoms with Gasteiger partial charge in [-0.05, 0) is 48.9 Å². The summed E-state index contributed by atoms with van der Waals surface area (Å²) >= 11 is 0.818. The third-order valence-electron chi connectivity index (χ3n) is 5.34. The largest absolute Gasteiger partial charge is 0.507 e. The molecule has 0 saturated carbocycles. The van der Waals surface area contributed by atoms with Crippen LogP contribution < -0.4 is 4.90 Å². The Bertz CT molecular complexity index is 1400. The zero-order valence-electron chi connectivity index (χ0n) is 18.2. The number of aliphatic hydroxyl groups excluding tert-OH is 1. The van der Waals surface area contributed by atoms with E-state index in [9.17, 15) is 34.0 Å². The van der Waals surface area contributed by atoms with Crippen molar-refractivity contribution in [2.45, 2.75) is 13.0 Å². The molecule has 1 N–H and O–H groups in total. The van der Waals surface area contributed by atoms with E-state index >= 15 is 0 Å². The molecule has 1 aliphatic heterocycles. The second-order valence-corrected chi connectivity index (χ2v) is 8.40. The molecule has 178 valence electrons. The number of aromatic nitrogens is 1. The zero-order chi connectivity index (χ0) is 25.4. The normalized spacial score (nSPS) is 17.0. The van der Waals surface area contributed by atoms with Crippen LogP contribution in [0.5, 0.6) is 0 Å². The maximum Gasteiger partial charge on any atom is 0.350 e. The van der Waals surface area contributed by atoms with Gasteiger partial charge >= 0.3 is 11.9 Å². The van der Waals surface area contributed by atoms with E-state index in [0.717, 1.165) is 28.4 Å². The first kappa shape index (κ1) is 23.7. The molecule has 0 unspecified atom stereocenters. The Morgan fingerprint density at radius 3 is 2.37 bits per heavy atom. The molecule has 1 aromatic heterocycles. The van der Waals surface area contributed by atoms with Crippen molar-refractivity contribution in [3.05, 3.63) is 91.7 Å². The minimum Gasteiger partial charge on any atom is -0.507 e. The lowest BCUT2D eigenvalue weighted by atomic mass is 9.95. The monoisotopic (exact) mass is 497 g/mol. The number of nitrogens with zero attached hydrogens (tertiary/aromatic N) is 3. The molecule has 1 amide bonds. The molecule has 1 atom stereocenters. The van der Waals surface area contributed by atoms with Crippen molar-refractivity contribution in [2.24, 2.45) is 0 Å². The zero-order valence-corrected chi connectivity index (χ0v) is 19.0. The van der Waals surface area contributed by atoms with Gasteiger partial charge in [0.1, 0.15) is 16.5 Å². The van der Waals surface area contributed by atoms with E-state index in [-0.39, 0.29) is 38.1 Å². The van der Waals surface area contributed by atoms with Gasteiger partial charge in [-0.1, -0.05) is 11.3 Å². The molecule has 2 heterocycles. The van der Waals surface area contributed by atoms with Crippen molar-refractivity contribution in [2.75, 3.05) is 12.0 Å². The molecule has 4 rings (SSSR count). The van der Waals surface area contributed by atoms with Crippen molar-refractivity contribution in [3.8, 4) is 0 Å². The van der Waals surface area contributed by atoms with E-state index in [1.165, 1.54) is 50.4 Å². The Balaban J connectivity index is 1.93. The summed E-state index contributed by atoms with van der Waals surface area (Å²) in [4.78, 5) is 54.2. The highest BCUT2D eigenvalue weighted by Gasteiger charge is 2.48. The molecule has 0 radical (unpaired) electrons. The number of carbonyl (C=O) groups is 3. The number of nitro groups is 1. The summed E-state index contributed by atoms with van der Waals surface area (Å²) in [6.45, 7) is 1.53. The number of aliphatic hydroxyl groups is 1. The van der Waals surface area contributed by atoms with Crippen LogP contribution in [-0.4, -0.2) is 39.8 Å². The summed E-state index contributed by atoms with van der Waals surface area (Å²) in [5.74, 6) is -3.87. The molecule has 1 fully saturated rings. The Morgan fingerprint density at radius 2 is 1.80 bits per heavy atom. The number of halogens is 1. The number of Topliss-reactive ketones (excluding diaryl/α,β-unsaturated/α-hetero) is 1. The molecule has 10 nitrogen and oxygen atoms in total. The van der Waals surface area contributed by atoms with Gasteiger partial charge in [-0.3, -0.25) is 24.6 Å². The Hall–Kier alpha value is -4.45. The number of nitro benzene ring substituents is 1. The van der Waals surface area contributed by atoms with Crippen LogP contribution >= 0.6 is 11.3 Å². The number of non-ortho nitro benzene ring substituents is 1. The average Bonchev–Trinajstić information content (AvgIpc) is 3.35. The first-order valence-corrected chi connectivity index (χ1v) is 10.8. The molecular weight excluding hydrogens is 481 g/mol. The third kappa shape index (κ3) is 4.15. The number of rotatable bonds is 5. The molecular formula is C23H16FN3O7S. The smallest absolute Gasteiger partial charge is 0.350 e. The molecule has 2 aromatic carbocycles. The van der Waals surface area contributed by atoms with Gasteiger partial charge in [-0.25, -0.2) is 14.2 Å². The van der Waals surface area contributed by atoms with E-state index in [2.05, 4.69) is 4.98 Å². The Labute approximate surface area is 201 Å². The fraction of sp³-hybridized carbons (Fsp3) is 0.130. The summed E-state index contributed by atoms with van der Waals surface area (Å²) in [7, 11) is 1.19. The molecule has 0 spiro atoms. The van der Waals surface area contributed by atoms with Crippen LogP contribution in [0.4, 0.5) is 15.2 Å². The summed E-state index contributed by atoms with van der Waals surface area (Å²) in [6, 6.07) is 8.51. The van der Waals surface area contributed by atoms with Gasteiger partial charge in [-0.15, -0.1) is 0 Å². The van der Waals surface area contributed by atoms with Crippen molar-refractivity contribution in [1.82, 2.24) is 4.98 Å². The number of ether oxygens (including phenoxy) is 1. The van der Waals surface area contributed by atoms with E-state index in [1.807, 2.05) is 0 Å². The predicted octanol–water partition coefficient (Wildman–Crippen LogP) is 3.91. The van der Waals surface area contributed by atoms with Crippen LogP contribution in [0.25, 0.3) is 5.76 Å². The topological polar surface area (TPSA) is 140 Å². The number of hydrogen-bond donors (Lipinski definition) is 1. The standard InChI is InChI=1S/C23H16FN3O7S/c1-11-20(22(31)34-2)35-23(25-11)26-17(12-5-9-15(10-6-12)27(32)33)16(19(29)21(26)30)18(28)13-3-7-14(24)8-4-13/h3-10,17,28H,1-2H3/t17-/m1/s1. The summed E-state index contributed by atoms with van der Waals surface area (Å²) in [6.07, 6.45) is 0. The Kier molecular flexibility index (Phi) is 6.14. The summed E-state index contributed by atoms with van der Waals surface area (Å²) < 4.78 is 18.1. The fourth-order valence-electron chi connectivity index (χ4n) is 3.65. The van der Waals surface area contributed by atoms with Crippen LogP contribution in [0, 0.1) is 22.9 Å². The number of esters is 1. The van der Waals surface area contributed by atoms with Gasteiger partial charge in [-0.2, -0.15) is 0 Å². The highest BCUT2D eigenvalue weighted by Crippen LogP contribution is 2.44. The molecule has 1 saturated heterocycles. The fourth-order valence-corrected chi connectivity index (χ4v) is 4.67. The van der Waals surface area contributed by atoms with Crippen LogP contribution in [0.3, 0.4) is 0 Å². The van der Waals surface area contributed by atoms with E-state index < -0.39 is 40.2 Å². The first-order valence-electron chi connectivity index (χ1n) is 10.0. The minimum atomic E-state index is -1.23. The van der Waals surface area contributed by atoms with Crippen LogP contribution in [0.1, 0.15) is 32.5 Å². The molecule has 35 heavy (non-hydrogen) atoms. The number of methoxy groups -OCH3 is 1. The quantitative estimate of drug-likeness (QED) is 0.140. The number of carbonyl (C=O) groups excluding carboxylic acids is 3. The van der Waals surface area contributed by atoms with E-state index in [4.69, 9.17) is 4.74 Å². The second kappa shape index (κ2) is 9.06. The number of ketones is 1. The lowest BCUT2D eigenvalue weighted by Gasteiger charge is -2.22. The van der Waals surface area contributed by atoms with Gasteiger partial charge in [0.2, 0.25) is 0 Å². The maximum absolute atomic E-state index is 13.4. The van der Waals surface area contributed by atoms with Crippen molar-refractivity contribution in [3.63, 3.8) is 0 Å². The number of anilines is 1. The second-order valence-electron chi connectivity index (χ2n) is 7.43. The van der Waals surface area contributed by atoms with Crippen molar-refractivity contribution >= 4 is 45.6 Å². The molecule has 0 aliphatic carbocycles. The number of hydrogen-bond acceptors (Lipinski definition) is 9. The van der Waals surface area contributed by atoms with Gasteiger partial charge in [0, 0.05) is 17.7 Å². The van der Waals surface area contributed by atoms with Gasteiger partial charge in [0.15, 0.2) is 5.13 Å². The molecule has 12 heteroatoms. The SMILES string of the molecule is COC(=O)c1sc(N2C(=O)C(=O)C(=C(O)c3ccc(F)cc3)[C@H]2c2ccc([N+](=O)[O-])cc2)nc1C. The third-order valence-corrected chi connectivity index (χ3v) is 6.48. The van der Waals surface area contributed by atoms with Gasteiger partial charge in [0.05, 0.1) is 29.3 Å². The molecule has 0 bridgehead atoms. The highest BCUT2D eigenvalue weighted by atomic mass is 32.1. The lowest BCUT2D eigenvalue weighted by Crippen LogP contribution is -2.29.